The predicted octanol–water partition coefficient (Wildman–Crippen LogP) is 14.3. The molecule has 0 bridgehead atoms. The van der Waals surface area contributed by atoms with E-state index in [0.717, 1.165) is 11.4 Å². The van der Waals surface area contributed by atoms with Gasteiger partial charge in [-0.15, -0.1) is 0 Å². The number of nitrogens with zero attached hydrogens (tertiary/aromatic N) is 3. The molecule has 0 amide bonds. The molecule has 0 radical (unpaired) electrons. The van der Waals surface area contributed by atoms with Gasteiger partial charge in [0.15, 0.2) is 0 Å². The average molecular weight is 726 g/mol. The minimum Gasteiger partial charge on any atom is -0.309 e. The van der Waals surface area contributed by atoms with Gasteiger partial charge in [0.2, 0.25) is 0 Å². The summed E-state index contributed by atoms with van der Waals surface area (Å²) in [5.41, 5.74) is 15.4. The molecule has 0 aliphatic rings. The molecule has 0 aliphatic heterocycles. The van der Waals surface area contributed by atoms with E-state index in [0.29, 0.717) is 0 Å². The third-order valence-electron chi connectivity index (χ3n) is 11.8. The number of hydrogen-bond acceptors (Lipinski definition) is 0. The Morgan fingerprint density at radius 2 is 0.667 bits per heavy atom. The molecular formula is C54H35N3. The first-order chi connectivity index (χ1) is 28.3. The Morgan fingerprint density at radius 1 is 0.246 bits per heavy atom. The Labute approximate surface area is 329 Å². The summed E-state index contributed by atoms with van der Waals surface area (Å²) < 4.78 is 7.34. The second-order valence-electron chi connectivity index (χ2n) is 14.9. The lowest BCUT2D eigenvalue weighted by atomic mass is 9.94. The van der Waals surface area contributed by atoms with Crippen molar-refractivity contribution in [2.45, 2.75) is 0 Å². The zero-order chi connectivity index (χ0) is 37.5. The summed E-state index contributed by atoms with van der Waals surface area (Å²) in [5, 5.41) is 7.51. The summed E-state index contributed by atoms with van der Waals surface area (Å²) in [4.78, 5) is 0. The first kappa shape index (κ1) is 31.7. The summed E-state index contributed by atoms with van der Waals surface area (Å²) in [7, 11) is 0. The Bertz CT molecular complexity index is 3500. The van der Waals surface area contributed by atoms with Crippen LogP contribution in [-0.2, 0) is 0 Å². The molecule has 3 heteroatoms. The first-order valence-corrected chi connectivity index (χ1v) is 19.6. The number of fused-ring (bicyclic) bond motifs is 10. The molecule has 0 unspecified atom stereocenters. The van der Waals surface area contributed by atoms with Crippen molar-refractivity contribution in [1.82, 2.24) is 13.7 Å². The van der Waals surface area contributed by atoms with Crippen LogP contribution in [0.2, 0.25) is 0 Å². The van der Waals surface area contributed by atoms with Crippen LogP contribution in [0, 0.1) is 0 Å². The van der Waals surface area contributed by atoms with Crippen molar-refractivity contribution in [3.8, 4) is 39.3 Å². The molecule has 0 N–H and O–H groups in total. The van der Waals surface area contributed by atoms with Gasteiger partial charge in [0.25, 0.3) is 0 Å². The predicted molar refractivity (Wildman–Crippen MR) is 240 cm³/mol. The van der Waals surface area contributed by atoms with Gasteiger partial charge >= 0.3 is 0 Å². The van der Waals surface area contributed by atoms with Gasteiger partial charge in [-0.2, -0.15) is 0 Å². The highest BCUT2D eigenvalue weighted by atomic mass is 15.0. The number of benzene rings is 9. The Hall–Kier alpha value is -7.62. The molecule has 0 fully saturated rings. The van der Waals surface area contributed by atoms with Crippen molar-refractivity contribution in [2.75, 3.05) is 0 Å². The quantitative estimate of drug-likeness (QED) is 0.168. The Kier molecular flexibility index (Phi) is 6.93. The van der Waals surface area contributed by atoms with Gasteiger partial charge < -0.3 is 13.7 Å². The number of aromatic nitrogens is 3. The standard InChI is InChI=1S/C54H35N3/c1-4-17-36(18-5-1)40-26-16-27-41(37-31-32-49-45(35-37)42-23-10-13-28-46(42)55(49)38-19-6-2-7-20-38)54(40)57-48-30-15-12-25-44(48)53-51(57)34-33-50-52(53)43-24-11-14-29-47(43)56(50)39-21-8-3-9-22-39/h1-35H. The van der Waals surface area contributed by atoms with Crippen LogP contribution < -0.4 is 0 Å². The molecule has 0 atom stereocenters. The fraction of sp³-hybridized carbons (Fsp3) is 0. The second-order valence-corrected chi connectivity index (χ2v) is 14.9. The minimum absolute atomic E-state index is 1.16. The van der Waals surface area contributed by atoms with Crippen molar-refractivity contribution < 1.29 is 0 Å². The van der Waals surface area contributed by atoms with Crippen LogP contribution >= 0.6 is 0 Å². The van der Waals surface area contributed by atoms with E-state index in [9.17, 15) is 0 Å². The summed E-state index contributed by atoms with van der Waals surface area (Å²) >= 11 is 0. The number of rotatable bonds is 5. The van der Waals surface area contributed by atoms with Crippen molar-refractivity contribution >= 4 is 65.4 Å². The summed E-state index contributed by atoms with van der Waals surface area (Å²) in [5.74, 6) is 0. The molecule has 0 aliphatic carbocycles. The lowest BCUT2D eigenvalue weighted by Gasteiger charge is -2.19. The van der Waals surface area contributed by atoms with Gasteiger partial charge in [-0.25, -0.2) is 0 Å². The molecule has 3 nitrogen and oxygen atoms in total. The Morgan fingerprint density at radius 3 is 1.28 bits per heavy atom. The largest absolute Gasteiger partial charge is 0.309 e. The monoisotopic (exact) mass is 725 g/mol. The Balaban J connectivity index is 1.20. The fourth-order valence-corrected chi connectivity index (χ4v) is 9.48. The highest BCUT2D eigenvalue weighted by Crippen LogP contribution is 2.46. The second kappa shape index (κ2) is 12.5. The third kappa shape index (κ3) is 4.66. The summed E-state index contributed by atoms with van der Waals surface area (Å²) in [6, 6.07) is 77.4. The highest BCUT2D eigenvalue weighted by Gasteiger charge is 2.24. The molecule has 0 spiro atoms. The lowest BCUT2D eigenvalue weighted by molar-refractivity contribution is 1.17. The van der Waals surface area contributed by atoms with Crippen LogP contribution in [0.15, 0.2) is 212 Å². The molecule has 266 valence electrons. The van der Waals surface area contributed by atoms with Gasteiger partial charge in [0, 0.05) is 54.8 Å². The molecule has 57 heavy (non-hydrogen) atoms. The molecule has 0 saturated carbocycles. The van der Waals surface area contributed by atoms with Crippen LogP contribution in [0.25, 0.3) is 105 Å². The van der Waals surface area contributed by atoms with Gasteiger partial charge in [-0.1, -0.05) is 146 Å². The summed E-state index contributed by atoms with van der Waals surface area (Å²) in [6.07, 6.45) is 0. The zero-order valence-corrected chi connectivity index (χ0v) is 31.0. The van der Waals surface area contributed by atoms with E-state index in [-0.39, 0.29) is 0 Å². The van der Waals surface area contributed by atoms with Crippen molar-refractivity contribution in [3.63, 3.8) is 0 Å². The van der Waals surface area contributed by atoms with Crippen molar-refractivity contribution in [3.05, 3.63) is 212 Å². The SMILES string of the molecule is c1ccc(-c2cccc(-c3ccc4c(c3)c3ccccc3n4-c3ccccc3)c2-n2c3ccccc3c3c4c5ccccc5n(-c5ccccc5)c4ccc32)cc1. The van der Waals surface area contributed by atoms with Gasteiger partial charge in [0.05, 0.1) is 38.8 Å². The van der Waals surface area contributed by atoms with E-state index in [1.165, 1.54) is 93.4 Å². The molecule has 0 saturated heterocycles. The fourth-order valence-electron chi connectivity index (χ4n) is 9.48. The van der Waals surface area contributed by atoms with Crippen molar-refractivity contribution in [2.24, 2.45) is 0 Å². The highest BCUT2D eigenvalue weighted by molar-refractivity contribution is 6.29. The van der Waals surface area contributed by atoms with E-state index in [4.69, 9.17) is 0 Å². The number of hydrogen-bond donors (Lipinski definition) is 0. The van der Waals surface area contributed by atoms with E-state index < -0.39 is 0 Å². The molecule has 3 heterocycles. The topological polar surface area (TPSA) is 14.8 Å². The van der Waals surface area contributed by atoms with E-state index in [2.05, 4.69) is 226 Å². The molecule has 12 aromatic rings. The van der Waals surface area contributed by atoms with Crippen LogP contribution in [-0.4, -0.2) is 13.7 Å². The maximum atomic E-state index is 2.54. The van der Waals surface area contributed by atoms with Gasteiger partial charge in [-0.3, -0.25) is 0 Å². The minimum atomic E-state index is 1.16. The first-order valence-electron chi connectivity index (χ1n) is 19.6. The van der Waals surface area contributed by atoms with E-state index in [1.54, 1.807) is 0 Å². The smallest absolute Gasteiger partial charge is 0.0618 e. The molecule has 12 rings (SSSR count). The van der Waals surface area contributed by atoms with E-state index in [1.807, 2.05) is 0 Å². The van der Waals surface area contributed by atoms with Gasteiger partial charge in [0.1, 0.15) is 0 Å². The van der Waals surface area contributed by atoms with E-state index >= 15 is 0 Å². The average Bonchev–Trinajstić information content (AvgIpc) is 3.92. The van der Waals surface area contributed by atoms with Crippen LogP contribution in [0.4, 0.5) is 0 Å². The zero-order valence-electron chi connectivity index (χ0n) is 31.0. The summed E-state index contributed by atoms with van der Waals surface area (Å²) in [6.45, 7) is 0. The molecule has 9 aromatic carbocycles. The molecular weight excluding hydrogens is 691 g/mol. The van der Waals surface area contributed by atoms with Crippen molar-refractivity contribution in [1.29, 1.82) is 0 Å². The maximum absolute atomic E-state index is 2.54. The lowest BCUT2D eigenvalue weighted by Crippen LogP contribution is -2.01. The third-order valence-corrected chi connectivity index (χ3v) is 11.8. The van der Waals surface area contributed by atoms with Crippen LogP contribution in [0.3, 0.4) is 0 Å². The maximum Gasteiger partial charge on any atom is 0.0618 e. The van der Waals surface area contributed by atoms with Crippen LogP contribution in [0.5, 0.6) is 0 Å². The number of para-hydroxylation sites is 6. The van der Waals surface area contributed by atoms with Crippen LogP contribution in [0.1, 0.15) is 0 Å². The van der Waals surface area contributed by atoms with Gasteiger partial charge in [-0.05, 0) is 77.9 Å². The molecule has 3 aromatic heterocycles. The normalized spacial score (nSPS) is 11.9.